The minimum Gasteiger partial charge on any atom is -0.399 e. The monoisotopic (exact) mass is 288 g/mol. The zero-order chi connectivity index (χ0) is 14.3. The lowest BCUT2D eigenvalue weighted by Crippen LogP contribution is -2.50. The molecule has 0 amide bonds. The Morgan fingerprint density at radius 1 is 1.53 bits per heavy atom. The first-order chi connectivity index (χ1) is 8.74. The van der Waals surface area contributed by atoms with Crippen molar-refractivity contribution in [3.8, 4) is 0 Å². The van der Waals surface area contributed by atoms with E-state index in [9.17, 15) is 12.8 Å². The van der Waals surface area contributed by atoms with E-state index in [0.717, 1.165) is 12.1 Å². The largest absolute Gasteiger partial charge is 0.399 e. The number of halogens is 1. The molecule has 0 saturated carbocycles. The molecule has 0 aliphatic carbocycles. The number of nitrogens with two attached hydrogens (primary N) is 1. The Hall–Kier alpha value is -1.18. The number of anilines is 1. The summed E-state index contributed by atoms with van der Waals surface area (Å²) in [5.41, 5.74) is 4.86. The number of hydrogen-bond acceptors (Lipinski definition) is 4. The molecule has 0 aromatic heterocycles. The number of sulfonamides is 1. The molecule has 2 unspecified atom stereocenters. The first kappa shape index (κ1) is 14.2. The fourth-order valence-corrected chi connectivity index (χ4v) is 3.62. The summed E-state index contributed by atoms with van der Waals surface area (Å²) >= 11 is 0. The fourth-order valence-electron chi connectivity index (χ4n) is 2.07. The molecule has 3 N–H and O–H groups in total. The van der Waals surface area contributed by atoms with E-state index in [2.05, 4.69) is 4.72 Å². The molecule has 1 aromatic rings. The van der Waals surface area contributed by atoms with Crippen molar-refractivity contribution in [2.24, 2.45) is 0 Å². The molecule has 1 aliphatic rings. The van der Waals surface area contributed by atoms with E-state index in [1.54, 1.807) is 13.8 Å². The predicted molar refractivity (Wildman–Crippen MR) is 69.6 cm³/mol. The SMILES string of the molecule is CC1OCCC1(C)NS(=O)(=O)c1ccc(N)cc1F. The Morgan fingerprint density at radius 3 is 2.74 bits per heavy atom. The van der Waals surface area contributed by atoms with Crippen molar-refractivity contribution in [2.75, 3.05) is 12.3 Å². The van der Waals surface area contributed by atoms with Gasteiger partial charge in [-0.2, -0.15) is 0 Å². The summed E-state index contributed by atoms with van der Waals surface area (Å²) in [4.78, 5) is -0.401. The average Bonchev–Trinajstić information content (AvgIpc) is 2.57. The average molecular weight is 288 g/mol. The third kappa shape index (κ3) is 2.72. The van der Waals surface area contributed by atoms with Crippen LogP contribution in [0.2, 0.25) is 0 Å². The lowest BCUT2D eigenvalue weighted by molar-refractivity contribution is 0.0957. The standard InChI is InChI=1S/C12H17FN2O3S/c1-8-12(2,5-6-18-8)15-19(16,17)11-4-3-9(14)7-10(11)13/h3-4,7-8,15H,5-6,14H2,1-2H3. The van der Waals surface area contributed by atoms with Gasteiger partial charge in [0.05, 0.1) is 11.6 Å². The first-order valence-corrected chi connectivity index (χ1v) is 7.43. The summed E-state index contributed by atoms with van der Waals surface area (Å²) in [7, 11) is -3.94. The van der Waals surface area contributed by atoms with Crippen LogP contribution in [0.25, 0.3) is 0 Å². The molecule has 0 bridgehead atoms. The molecule has 1 saturated heterocycles. The van der Waals surface area contributed by atoms with Gasteiger partial charge in [0.25, 0.3) is 0 Å². The van der Waals surface area contributed by atoms with Crippen LogP contribution in [0.1, 0.15) is 20.3 Å². The van der Waals surface area contributed by atoms with Gasteiger partial charge >= 0.3 is 0 Å². The van der Waals surface area contributed by atoms with Gasteiger partial charge in [-0.25, -0.2) is 17.5 Å². The molecule has 1 fully saturated rings. The maximum Gasteiger partial charge on any atom is 0.244 e. The second-order valence-electron chi connectivity index (χ2n) is 4.98. The highest BCUT2D eigenvalue weighted by atomic mass is 32.2. The maximum atomic E-state index is 13.7. The van der Waals surface area contributed by atoms with Crippen LogP contribution >= 0.6 is 0 Å². The molecule has 2 rings (SSSR count). The molecular weight excluding hydrogens is 271 g/mol. The number of ether oxygens (including phenoxy) is 1. The van der Waals surface area contributed by atoms with Crippen molar-refractivity contribution in [3.63, 3.8) is 0 Å². The highest BCUT2D eigenvalue weighted by Crippen LogP contribution is 2.28. The number of nitrogens with one attached hydrogen (secondary N) is 1. The van der Waals surface area contributed by atoms with Gasteiger partial charge in [-0.05, 0) is 38.5 Å². The Balaban J connectivity index is 2.33. The zero-order valence-electron chi connectivity index (χ0n) is 10.8. The Morgan fingerprint density at radius 2 is 2.21 bits per heavy atom. The summed E-state index contributed by atoms with van der Waals surface area (Å²) in [6.07, 6.45) is 0.281. The molecule has 1 heterocycles. The molecule has 19 heavy (non-hydrogen) atoms. The molecule has 0 radical (unpaired) electrons. The molecule has 0 spiro atoms. The summed E-state index contributed by atoms with van der Waals surface area (Å²) in [5, 5.41) is 0. The van der Waals surface area contributed by atoms with Crippen molar-refractivity contribution >= 4 is 15.7 Å². The third-order valence-electron chi connectivity index (χ3n) is 3.50. The molecule has 7 heteroatoms. The van der Waals surface area contributed by atoms with E-state index in [1.165, 1.54) is 6.07 Å². The van der Waals surface area contributed by atoms with E-state index in [4.69, 9.17) is 10.5 Å². The van der Waals surface area contributed by atoms with Crippen LogP contribution in [-0.4, -0.2) is 26.7 Å². The van der Waals surface area contributed by atoms with Crippen LogP contribution in [0.3, 0.4) is 0 Å². The lowest BCUT2D eigenvalue weighted by atomic mass is 9.97. The second-order valence-corrected chi connectivity index (χ2v) is 6.63. The van der Waals surface area contributed by atoms with E-state index in [1.807, 2.05) is 0 Å². The first-order valence-electron chi connectivity index (χ1n) is 5.95. The van der Waals surface area contributed by atoms with Gasteiger partial charge in [-0.3, -0.25) is 0 Å². The van der Waals surface area contributed by atoms with Crippen molar-refractivity contribution in [1.82, 2.24) is 4.72 Å². The maximum absolute atomic E-state index is 13.7. The quantitative estimate of drug-likeness (QED) is 0.820. The van der Waals surface area contributed by atoms with E-state index in [-0.39, 0.29) is 11.8 Å². The minimum absolute atomic E-state index is 0.181. The van der Waals surface area contributed by atoms with Crippen molar-refractivity contribution in [2.45, 2.75) is 36.8 Å². The summed E-state index contributed by atoms with van der Waals surface area (Å²) in [5.74, 6) is -0.859. The fraction of sp³-hybridized carbons (Fsp3) is 0.500. The molecule has 1 aromatic carbocycles. The summed E-state index contributed by atoms with van der Waals surface area (Å²) in [6, 6.07) is 3.51. The van der Waals surface area contributed by atoms with Crippen molar-refractivity contribution < 1.29 is 17.5 Å². The van der Waals surface area contributed by atoms with Gasteiger partial charge in [0.2, 0.25) is 10.0 Å². The van der Waals surface area contributed by atoms with E-state index in [0.29, 0.717) is 13.0 Å². The van der Waals surface area contributed by atoms with Crippen LogP contribution < -0.4 is 10.5 Å². The van der Waals surface area contributed by atoms with Gasteiger partial charge in [0.1, 0.15) is 10.7 Å². The molecule has 1 aliphatic heterocycles. The summed E-state index contributed by atoms with van der Waals surface area (Å²) in [6.45, 7) is 4.01. The van der Waals surface area contributed by atoms with E-state index < -0.39 is 26.3 Å². The van der Waals surface area contributed by atoms with Crippen molar-refractivity contribution in [3.05, 3.63) is 24.0 Å². The highest BCUT2D eigenvalue weighted by molar-refractivity contribution is 7.89. The van der Waals surface area contributed by atoms with Gasteiger partial charge in [-0.15, -0.1) is 0 Å². The van der Waals surface area contributed by atoms with Gasteiger partial charge < -0.3 is 10.5 Å². The topological polar surface area (TPSA) is 81.4 Å². The number of nitrogen functional groups attached to an aromatic ring is 1. The Kier molecular flexibility index (Phi) is 3.55. The zero-order valence-corrected chi connectivity index (χ0v) is 11.6. The lowest BCUT2D eigenvalue weighted by Gasteiger charge is -2.28. The highest BCUT2D eigenvalue weighted by Gasteiger charge is 2.41. The van der Waals surface area contributed by atoms with Crippen LogP contribution in [-0.2, 0) is 14.8 Å². The number of hydrogen-bond donors (Lipinski definition) is 2. The predicted octanol–water partition coefficient (Wildman–Crippen LogP) is 1.25. The van der Waals surface area contributed by atoms with Gasteiger partial charge in [0, 0.05) is 12.3 Å². The number of benzene rings is 1. The van der Waals surface area contributed by atoms with Gasteiger partial charge in [-0.1, -0.05) is 0 Å². The molecule has 2 atom stereocenters. The molecule has 106 valence electrons. The summed E-state index contributed by atoms with van der Waals surface area (Å²) < 4.78 is 46.0. The minimum atomic E-state index is -3.94. The van der Waals surface area contributed by atoms with Crippen LogP contribution in [0, 0.1) is 5.82 Å². The number of rotatable bonds is 3. The third-order valence-corrected chi connectivity index (χ3v) is 5.14. The Bertz CT molecular complexity index is 591. The Labute approximate surface area is 112 Å². The smallest absolute Gasteiger partial charge is 0.244 e. The molecule has 5 nitrogen and oxygen atoms in total. The van der Waals surface area contributed by atoms with E-state index >= 15 is 0 Å². The van der Waals surface area contributed by atoms with Crippen LogP contribution in [0.4, 0.5) is 10.1 Å². The normalized spacial score (nSPS) is 27.6. The van der Waals surface area contributed by atoms with Crippen LogP contribution in [0.15, 0.2) is 23.1 Å². The van der Waals surface area contributed by atoms with Gasteiger partial charge in [0.15, 0.2) is 0 Å². The van der Waals surface area contributed by atoms with Crippen molar-refractivity contribution in [1.29, 1.82) is 0 Å². The molecular formula is C12H17FN2O3S. The van der Waals surface area contributed by atoms with Crippen LogP contribution in [0.5, 0.6) is 0 Å². The second kappa shape index (κ2) is 4.73.